The molecule has 5 nitrogen and oxygen atoms in total. The van der Waals surface area contributed by atoms with Crippen molar-refractivity contribution >= 4 is 5.91 Å². The van der Waals surface area contributed by atoms with Crippen LogP contribution in [0.3, 0.4) is 0 Å². The average molecular weight is 275 g/mol. The van der Waals surface area contributed by atoms with E-state index < -0.39 is 0 Å². The number of aryl methyl sites for hydroxylation is 1. The van der Waals surface area contributed by atoms with Gasteiger partial charge in [-0.3, -0.25) is 9.48 Å². The van der Waals surface area contributed by atoms with E-state index in [1.807, 2.05) is 11.7 Å². The van der Waals surface area contributed by atoms with Gasteiger partial charge in [0.2, 0.25) is 5.91 Å². The molecule has 0 unspecified atom stereocenters. The second-order valence-electron chi connectivity index (χ2n) is 5.50. The van der Waals surface area contributed by atoms with Gasteiger partial charge in [0.25, 0.3) is 0 Å². The monoisotopic (exact) mass is 275 g/mol. The number of carbonyl (C=O) groups is 1. The van der Waals surface area contributed by atoms with E-state index in [-0.39, 0.29) is 11.8 Å². The Morgan fingerprint density at radius 3 is 3.25 bits per heavy atom. The van der Waals surface area contributed by atoms with Crippen LogP contribution in [-0.2, 0) is 36.2 Å². The summed E-state index contributed by atoms with van der Waals surface area (Å²) >= 11 is 0. The predicted octanol–water partition coefficient (Wildman–Crippen LogP) is 1.47. The zero-order valence-electron chi connectivity index (χ0n) is 11.9. The zero-order chi connectivity index (χ0) is 13.9. The molecule has 0 aromatic carbocycles. The fraction of sp³-hybridized carbons (Fsp3) is 0.600. The molecule has 20 heavy (non-hydrogen) atoms. The fourth-order valence-corrected chi connectivity index (χ4v) is 2.97. The Kier molecular flexibility index (Phi) is 3.87. The van der Waals surface area contributed by atoms with Crippen molar-refractivity contribution in [1.29, 1.82) is 0 Å². The quantitative estimate of drug-likeness (QED) is 0.850. The van der Waals surface area contributed by atoms with Gasteiger partial charge in [-0.05, 0) is 19.3 Å². The second kappa shape index (κ2) is 5.79. The van der Waals surface area contributed by atoms with Crippen LogP contribution in [0.25, 0.3) is 0 Å². The molecular weight excluding hydrogens is 254 g/mol. The molecule has 2 aliphatic rings. The minimum Gasteiger partial charge on any atom is -0.376 e. The first-order chi connectivity index (χ1) is 9.75. The number of nitrogens with one attached hydrogen (secondary N) is 1. The van der Waals surface area contributed by atoms with E-state index in [9.17, 15) is 4.79 Å². The van der Waals surface area contributed by atoms with Crippen molar-refractivity contribution in [2.24, 2.45) is 13.0 Å². The summed E-state index contributed by atoms with van der Waals surface area (Å²) in [6, 6.07) is 0. The van der Waals surface area contributed by atoms with Crippen LogP contribution in [-0.4, -0.2) is 22.3 Å². The summed E-state index contributed by atoms with van der Waals surface area (Å²) in [7, 11) is 1.96. The lowest BCUT2D eigenvalue weighted by Gasteiger charge is -2.17. The molecule has 5 heteroatoms. The molecule has 0 saturated heterocycles. The standard InChI is InChI=1S/C15H21N3O2/c1-18-14-7-8-20-10-12(14)13(17-18)9-16-15(19)11-5-3-2-4-6-11/h2-3,11H,4-10H2,1H3,(H,16,19)/t11-/m1/s1. The molecule has 0 bridgehead atoms. The zero-order valence-corrected chi connectivity index (χ0v) is 11.9. The van der Waals surface area contributed by atoms with Gasteiger partial charge in [-0.25, -0.2) is 0 Å². The highest BCUT2D eigenvalue weighted by molar-refractivity contribution is 5.78. The van der Waals surface area contributed by atoms with E-state index in [0.29, 0.717) is 13.2 Å². The molecule has 0 saturated carbocycles. The van der Waals surface area contributed by atoms with Gasteiger partial charge in [0, 0.05) is 30.6 Å². The van der Waals surface area contributed by atoms with Crippen LogP contribution >= 0.6 is 0 Å². The molecule has 1 aliphatic carbocycles. The van der Waals surface area contributed by atoms with Gasteiger partial charge in [0.05, 0.1) is 25.5 Å². The van der Waals surface area contributed by atoms with Crippen molar-refractivity contribution in [1.82, 2.24) is 15.1 Å². The van der Waals surface area contributed by atoms with Crippen LogP contribution in [0.5, 0.6) is 0 Å². The Labute approximate surface area is 119 Å². The third kappa shape index (κ3) is 2.63. The first-order valence-corrected chi connectivity index (χ1v) is 7.30. The Morgan fingerprint density at radius 1 is 1.55 bits per heavy atom. The number of fused-ring (bicyclic) bond motifs is 1. The van der Waals surface area contributed by atoms with Crippen molar-refractivity contribution < 1.29 is 9.53 Å². The molecule has 0 radical (unpaired) electrons. The normalized spacial score (nSPS) is 21.6. The molecule has 1 aromatic heterocycles. The molecule has 1 amide bonds. The molecule has 1 atom stereocenters. The first-order valence-electron chi connectivity index (χ1n) is 7.30. The number of amides is 1. The van der Waals surface area contributed by atoms with Crippen molar-refractivity contribution in [3.8, 4) is 0 Å². The predicted molar refractivity (Wildman–Crippen MR) is 74.9 cm³/mol. The number of allylic oxidation sites excluding steroid dienone is 2. The maximum Gasteiger partial charge on any atom is 0.223 e. The Balaban J connectivity index is 1.63. The molecule has 0 fully saturated rings. The summed E-state index contributed by atoms with van der Waals surface area (Å²) in [4.78, 5) is 12.1. The lowest BCUT2D eigenvalue weighted by atomic mass is 9.93. The SMILES string of the molecule is Cn1nc(CNC(=O)[C@@H]2CC=CCC2)c2c1CCOC2. The first kappa shape index (κ1) is 13.4. The van der Waals surface area contributed by atoms with Crippen LogP contribution in [0, 0.1) is 5.92 Å². The lowest BCUT2D eigenvalue weighted by Crippen LogP contribution is -2.31. The lowest BCUT2D eigenvalue weighted by molar-refractivity contribution is -0.125. The molecule has 1 aromatic rings. The maximum absolute atomic E-state index is 12.1. The van der Waals surface area contributed by atoms with Gasteiger partial charge in [0.1, 0.15) is 0 Å². The number of carbonyl (C=O) groups excluding carboxylic acids is 1. The van der Waals surface area contributed by atoms with E-state index in [2.05, 4.69) is 22.6 Å². The van der Waals surface area contributed by atoms with E-state index in [1.165, 1.54) is 5.69 Å². The molecule has 1 aliphatic heterocycles. The highest BCUT2D eigenvalue weighted by Gasteiger charge is 2.22. The summed E-state index contributed by atoms with van der Waals surface area (Å²) < 4.78 is 7.42. The highest BCUT2D eigenvalue weighted by Crippen LogP contribution is 2.21. The largest absolute Gasteiger partial charge is 0.376 e. The van der Waals surface area contributed by atoms with Crippen LogP contribution in [0.2, 0.25) is 0 Å². The number of nitrogens with zero attached hydrogens (tertiary/aromatic N) is 2. The Morgan fingerprint density at radius 2 is 2.45 bits per heavy atom. The molecular formula is C15H21N3O2. The number of hydrogen-bond acceptors (Lipinski definition) is 3. The van der Waals surface area contributed by atoms with Gasteiger partial charge in [-0.15, -0.1) is 0 Å². The van der Waals surface area contributed by atoms with Gasteiger partial charge < -0.3 is 10.1 Å². The molecule has 108 valence electrons. The summed E-state index contributed by atoms with van der Waals surface area (Å²) in [6.45, 7) is 1.87. The molecule has 3 rings (SSSR count). The van der Waals surface area contributed by atoms with Crippen molar-refractivity contribution in [2.75, 3.05) is 6.61 Å². The molecule has 1 N–H and O–H groups in total. The van der Waals surface area contributed by atoms with Crippen LogP contribution in [0.15, 0.2) is 12.2 Å². The van der Waals surface area contributed by atoms with Crippen molar-refractivity contribution in [3.05, 3.63) is 29.1 Å². The number of aromatic nitrogens is 2. The minimum absolute atomic E-state index is 0.121. The fourth-order valence-electron chi connectivity index (χ4n) is 2.97. The number of rotatable bonds is 3. The highest BCUT2D eigenvalue weighted by atomic mass is 16.5. The third-order valence-corrected chi connectivity index (χ3v) is 4.16. The van der Waals surface area contributed by atoms with Gasteiger partial charge in [-0.1, -0.05) is 12.2 Å². The summed E-state index contributed by atoms with van der Waals surface area (Å²) in [6.07, 6.45) is 7.96. The minimum atomic E-state index is 0.121. The van der Waals surface area contributed by atoms with Crippen molar-refractivity contribution in [3.63, 3.8) is 0 Å². The smallest absolute Gasteiger partial charge is 0.223 e. The summed E-state index contributed by atoms with van der Waals surface area (Å²) in [5.41, 5.74) is 3.34. The summed E-state index contributed by atoms with van der Waals surface area (Å²) in [5, 5.41) is 7.55. The Bertz CT molecular complexity index is 533. The van der Waals surface area contributed by atoms with Gasteiger partial charge in [-0.2, -0.15) is 5.10 Å². The second-order valence-corrected chi connectivity index (χ2v) is 5.50. The molecule has 2 heterocycles. The van der Waals surface area contributed by atoms with Crippen LogP contribution in [0.1, 0.15) is 36.2 Å². The Hall–Kier alpha value is -1.62. The maximum atomic E-state index is 12.1. The van der Waals surface area contributed by atoms with Crippen LogP contribution in [0.4, 0.5) is 0 Å². The van der Waals surface area contributed by atoms with Gasteiger partial charge >= 0.3 is 0 Å². The molecule has 0 spiro atoms. The number of ether oxygens (including phenoxy) is 1. The third-order valence-electron chi connectivity index (χ3n) is 4.16. The summed E-state index contributed by atoms with van der Waals surface area (Å²) in [5.74, 6) is 0.265. The average Bonchev–Trinajstić information content (AvgIpc) is 2.83. The number of hydrogen-bond donors (Lipinski definition) is 1. The topological polar surface area (TPSA) is 56.2 Å². The van der Waals surface area contributed by atoms with E-state index in [1.54, 1.807) is 0 Å². The van der Waals surface area contributed by atoms with E-state index in [0.717, 1.165) is 43.5 Å². The van der Waals surface area contributed by atoms with E-state index in [4.69, 9.17) is 4.74 Å². The van der Waals surface area contributed by atoms with Crippen molar-refractivity contribution in [2.45, 2.75) is 38.8 Å². The van der Waals surface area contributed by atoms with Gasteiger partial charge in [0.15, 0.2) is 0 Å². The van der Waals surface area contributed by atoms with Crippen LogP contribution < -0.4 is 5.32 Å². The van der Waals surface area contributed by atoms with E-state index >= 15 is 0 Å².